The molecule has 0 aromatic rings. The predicted molar refractivity (Wildman–Crippen MR) is 47.6 cm³/mol. The van der Waals surface area contributed by atoms with Gasteiger partial charge in [-0.1, -0.05) is 0 Å². The molecule has 3 nitrogen and oxygen atoms in total. The summed E-state index contributed by atoms with van der Waals surface area (Å²) in [5.74, 6) is 1.21. The highest BCUT2D eigenvalue weighted by atomic mass is 16.7. The molecule has 0 saturated heterocycles. The van der Waals surface area contributed by atoms with Gasteiger partial charge in [0, 0.05) is 6.92 Å². The zero-order valence-corrected chi connectivity index (χ0v) is 8.35. The lowest BCUT2D eigenvalue weighted by atomic mass is 10.6. The Hall–Kier alpha value is -0.860. The molecule has 0 aromatic heterocycles. The van der Waals surface area contributed by atoms with E-state index >= 15 is 0 Å². The number of rotatable bonds is 6. The topological polar surface area (TPSA) is 27.7 Å². The molecule has 0 aliphatic heterocycles. The van der Waals surface area contributed by atoms with Crippen LogP contribution in [0.15, 0.2) is 11.7 Å². The van der Waals surface area contributed by atoms with E-state index in [1.54, 1.807) is 0 Å². The SMILES string of the molecule is CCOC(C)=C(OCC)OCC. The van der Waals surface area contributed by atoms with E-state index in [1.165, 1.54) is 0 Å². The minimum atomic E-state index is 0.502. The lowest BCUT2D eigenvalue weighted by Gasteiger charge is -2.12. The second kappa shape index (κ2) is 6.83. The molecule has 0 unspecified atom stereocenters. The van der Waals surface area contributed by atoms with Gasteiger partial charge < -0.3 is 14.2 Å². The molecule has 12 heavy (non-hydrogen) atoms. The molecule has 0 saturated carbocycles. The first kappa shape index (κ1) is 11.1. The van der Waals surface area contributed by atoms with Crippen LogP contribution in [0.2, 0.25) is 0 Å². The van der Waals surface area contributed by atoms with Gasteiger partial charge in [-0.3, -0.25) is 0 Å². The smallest absolute Gasteiger partial charge is 0.318 e. The van der Waals surface area contributed by atoms with Gasteiger partial charge in [0.15, 0.2) is 5.76 Å². The van der Waals surface area contributed by atoms with E-state index in [9.17, 15) is 0 Å². The van der Waals surface area contributed by atoms with Gasteiger partial charge in [0.25, 0.3) is 0 Å². The number of ether oxygens (including phenoxy) is 3. The zero-order valence-electron chi connectivity index (χ0n) is 8.35. The lowest BCUT2D eigenvalue weighted by Crippen LogP contribution is -2.03. The molecule has 0 amide bonds. The molecular weight excluding hydrogens is 156 g/mol. The van der Waals surface area contributed by atoms with E-state index in [4.69, 9.17) is 14.2 Å². The van der Waals surface area contributed by atoms with Crippen LogP contribution in [0.3, 0.4) is 0 Å². The maximum absolute atomic E-state index is 5.24. The molecule has 0 aromatic carbocycles. The number of hydrogen-bond acceptors (Lipinski definition) is 3. The molecule has 0 atom stereocenters. The zero-order chi connectivity index (χ0) is 9.40. The third-order valence-corrected chi connectivity index (χ3v) is 1.20. The first-order chi connectivity index (χ1) is 5.76. The van der Waals surface area contributed by atoms with Gasteiger partial charge in [-0.15, -0.1) is 0 Å². The van der Waals surface area contributed by atoms with Crippen molar-refractivity contribution in [1.29, 1.82) is 0 Å². The molecule has 72 valence electrons. The van der Waals surface area contributed by atoms with Crippen molar-refractivity contribution in [1.82, 2.24) is 0 Å². The lowest BCUT2D eigenvalue weighted by molar-refractivity contribution is 0.0232. The van der Waals surface area contributed by atoms with Crippen LogP contribution in [0, 0.1) is 0 Å². The minimum Gasteiger partial charge on any atom is -0.491 e. The summed E-state index contributed by atoms with van der Waals surface area (Å²) in [6.07, 6.45) is 0. The van der Waals surface area contributed by atoms with Crippen molar-refractivity contribution in [3.8, 4) is 0 Å². The van der Waals surface area contributed by atoms with E-state index in [-0.39, 0.29) is 0 Å². The highest BCUT2D eigenvalue weighted by molar-refractivity contribution is 4.90. The minimum absolute atomic E-state index is 0.502. The Balaban J connectivity index is 4.11. The molecule has 3 heteroatoms. The van der Waals surface area contributed by atoms with Gasteiger partial charge in [-0.2, -0.15) is 0 Å². The normalized spacial score (nSPS) is 9.00. The van der Waals surface area contributed by atoms with Crippen molar-refractivity contribution in [2.75, 3.05) is 19.8 Å². The van der Waals surface area contributed by atoms with Crippen molar-refractivity contribution < 1.29 is 14.2 Å². The summed E-state index contributed by atoms with van der Waals surface area (Å²) in [5, 5.41) is 0. The fourth-order valence-corrected chi connectivity index (χ4v) is 0.783. The van der Waals surface area contributed by atoms with Gasteiger partial charge in [0.2, 0.25) is 0 Å². The van der Waals surface area contributed by atoms with Crippen molar-refractivity contribution in [3.63, 3.8) is 0 Å². The third-order valence-electron chi connectivity index (χ3n) is 1.20. The monoisotopic (exact) mass is 174 g/mol. The van der Waals surface area contributed by atoms with Crippen molar-refractivity contribution >= 4 is 0 Å². The largest absolute Gasteiger partial charge is 0.491 e. The quantitative estimate of drug-likeness (QED) is 0.578. The van der Waals surface area contributed by atoms with Crippen LogP contribution in [0.5, 0.6) is 0 Å². The van der Waals surface area contributed by atoms with Crippen LogP contribution in [-0.4, -0.2) is 19.8 Å². The number of hydrogen-bond donors (Lipinski definition) is 0. The molecular formula is C9H18O3. The fourth-order valence-electron chi connectivity index (χ4n) is 0.783. The Kier molecular flexibility index (Phi) is 6.34. The van der Waals surface area contributed by atoms with Gasteiger partial charge in [-0.25, -0.2) is 0 Å². The molecule has 0 fully saturated rings. The van der Waals surface area contributed by atoms with Gasteiger partial charge in [0.05, 0.1) is 19.8 Å². The highest BCUT2D eigenvalue weighted by Crippen LogP contribution is 2.08. The van der Waals surface area contributed by atoms with Crippen LogP contribution in [-0.2, 0) is 14.2 Å². The summed E-state index contributed by atoms with van der Waals surface area (Å²) >= 11 is 0. The van der Waals surface area contributed by atoms with Crippen molar-refractivity contribution in [2.24, 2.45) is 0 Å². The van der Waals surface area contributed by atoms with Crippen LogP contribution >= 0.6 is 0 Å². The van der Waals surface area contributed by atoms with Crippen LogP contribution in [0.1, 0.15) is 27.7 Å². The molecule has 0 heterocycles. The van der Waals surface area contributed by atoms with Gasteiger partial charge in [0.1, 0.15) is 0 Å². The standard InChI is InChI=1S/C9H18O3/c1-5-10-8(4)9(11-6-2)12-7-3/h5-7H2,1-4H3. The van der Waals surface area contributed by atoms with Crippen LogP contribution < -0.4 is 0 Å². The molecule has 0 aliphatic carbocycles. The summed E-state index contributed by atoms with van der Waals surface area (Å²) in [5.41, 5.74) is 0. The fraction of sp³-hybridized carbons (Fsp3) is 0.778. The third kappa shape index (κ3) is 4.11. The summed E-state index contributed by atoms with van der Waals surface area (Å²) < 4.78 is 15.7. The molecule has 0 rings (SSSR count). The Morgan fingerprint density at radius 1 is 0.833 bits per heavy atom. The maximum atomic E-state index is 5.24. The number of allylic oxidation sites excluding steroid dienone is 1. The molecule has 0 radical (unpaired) electrons. The average molecular weight is 174 g/mol. The van der Waals surface area contributed by atoms with Gasteiger partial charge >= 0.3 is 5.95 Å². The molecule has 0 aliphatic rings. The Labute approximate surface area is 74.3 Å². The highest BCUT2D eigenvalue weighted by Gasteiger charge is 2.04. The molecule has 0 bridgehead atoms. The summed E-state index contributed by atoms with van der Waals surface area (Å²) in [4.78, 5) is 0. The predicted octanol–water partition coefficient (Wildman–Crippen LogP) is 2.28. The first-order valence-corrected chi connectivity index (χ1v) is 4.35. The van der Waals surface area contributed by atoms with Crippen LogP contribution in [0.4, 0.5) is 0 Å². The molecule has 0 spiro atoms. The second-order valence-electron chi connectivity index (χ2n) is 2.14. The maximum Gasteiger partial charge on any atom is 0.318 e. The Bertz CT molecular complexity index is 133. The average Bonchev–Trinajstić information content (AvgIpc) is 2.04. The van der Waals surface area contributed by atoms with E-state index in [1.807, 2.05) is 27.7 Å². The Morgan fingerprint density at radius 3 is 1.58 bits per heavy atom. The van der Waals surface area contributed by atoms with Gasteiger partial charge in [-0.05, 0) is 20.8 Å². The first-order valence-electron chi connectivity index (χ1n) is 4.35. The Morgan fingerprint density at radius 2 is 1.25 bits per heavy atom. The second-order valence-corrected chi connectivity index (χ2v) is 2.14. The summed E-state index contributed by atoms with van der Waals surface area (Å²) in [6.45, 7) is 9.43. The summed E-state index contributed by atoms with van der Waals surface area (Å²) in [7, 11) is 0. The molecule has 0 N–H and O–H groups in total. The van der Waals surface area contributed by atoms with E-state index in [0.717, 1.165) is 0 Å². The van der Waals surface area contributed by atoms with Crippen molar-refractivity contribution in [2.45, 2.75) is 27.7 Å². The van der Waals surface area contributed by atoms with Crippen LogP contribution in [0.25, 0.3) is 0 Å². The van der Waals surface area contributed by atoms with E-state index < -0.39 is 0 Å². The van der Waals surface area contributed by atoms with Crippen molar-refractivity contribution in [3.05, 3.63) is 11.7 Å². The van der Waals surface area contributed by atoms with E-state index in [2.05, 4.69) is 0 Å². The summed E-state index contributed by atoms with van der Waals surface area (Å²) in [6, 6.07) is 0. The van der Waals surface area contributed by atoms with E-state index in [0.29, 0.717) is 31.5 Å².